The van der Waals surface area contributed by atoms with Gasteiger partial charge in [0.15, 0.2) is 0 Å². The summed E-state index contributed by atoms with van der Waals surface area (Å²) in [4.78, 5) is 0. The highest BCUT2D eigenvalue weighted by Crippen LogP contribution is 2.24. The van der Waals surface area contributed by atoms with E-state index in [4.69, 9.17) is 4.74 Å². The van der Waals surface area contributed by atoms with Crippen molar-refractivity contribution in [3.63, 3.8) is 0 Å². The van der Waals surface area contributed by atoms with Crippen molar-refractivity contribution in [2.24, 2.45) is 5.92 Å². The quantitative estimate of drug-likeness (QED) is 0.813. The molecular formula is C19H27NO. The van der Waals surface area contributed by atoms with Crippen LogP contribution in [-0.2, 0) is 6.42 Å². The van der Waals surface area contributed by atoms with Gasteiger partial charge in [-0.3, -0.25) is 0 Å². The lowest BCUT2D eigenvalue weighted by atomic mass is 10.0. The highest BCUT2D eigenvalue weighted by Gasteiger charge is 2.06. The van der Waals surface area contributed by atoms with Crippen molar-refractivity contribution in [2.75, 3.05) is 13.7 Å². The second-order valence-electron chi connectivity index (χ2n) is 6.24. The molecule has 2 aromatic rings. The van der Waals surface area contributed by atoms with Crippen LogP contribution in [0.3, 0.4) is 0 Å². The molecule has 0 aliphatic carbocycles. The van der Waals surface area contributed by atoms with Gasteiger partial charge < -0.3 is 10.1 Å². The van der Waals surface area contributed by atoms with Crippen LogP contribution in [0.25, 0.3) is 10.8 Å². The van der Waals surface area contributed by atoms with E-state index < -0.39 is 0 Å². The molecule has 1 N–H and O–H groups in total. The second kappa shape index (κ2) is 7.46. The molecule has 0 aliphatic rings. The number of nitrogens with one attached hydrogen (secondary N) is 1. The smallest absolute Gasteiger partial charge is 0.119 e. The molecule has 2 aromatic carbocycles. The first kappa shape index (κ1) is 15.8. The zero-order chi connectivity index (χ0) is 15.2. The molecule has 2 nitrogen and oxygen atoms in total. The summed E-state index contributed by atoms with van der Waals surface area (Å²) < 4.78 is 5.35. The normalized spacial score (nSPS) is 12.8. The molecule has 0 spiro atoms. The molecule has 0 aromatic heterocycles. The third-order valence-corrected chi connectivity index (χ3v) is 3.89. The molecule has 114 valence electrons. The largest absolute Gasteiger partial charge is 0.497 e. The molecule has 0 radical (unpaired) electrons. The predicted molar refractivity (Wildman–Crippen MR) is 91.1 cm³/mol. The van der Waals surface area contributed by atoms with Crippen LogP contribution in [0.5, 0.6) is 5.75 Å². The fraction of sp³-hybridized carbons (Fsp3) is 0.474. The topological polar surface area (TPSA) is 21.3 Å². The van der Waals surface area contributed by atoms with E-state index in [1.165, 1.54) is 22.8 Å². The molecule has 0 fully saturated rings. The number of methoxy groups -OCH3 is 1. The number of fused-ring (bicyclic) bond motifs is 1. The van der Waals surface area contributed by atoms with Gasteiger partial charge in [-0.05, 0) is 60.7 Å². The summed E-state index contributed by atoms with van der Waals surface area (Å²) in [6.07, 6.45) is 2.27. The van der Waals surface area contributed by atoms with Crippen LogP contribution < -0.4 is 10.1 Å². The summed E-state index contributed by atoms with van der Waals surface area (Å²) >= 11 is 0. The molecule has 0 amide bonds. The van der Waals surface area contributed by atoms with Gasteiger partial charge in [0.25, 0.3) is 0 Å². The maximum absolute atomic E-state index is 5.35. The Morgan fingerprint density at radius 2 is 1.90 bits per heavy atom. The lowest BCUT2D eigenvalue weighted by Gasteiger charge is -2.16. The van der Waals surface area contributed by atoms with Crippen molar-refractivity contribution in [1.82, 2.24) is 5.32 Å². The standard InChI is InChI=1S/C19H27NO/c1-14(2)12-15(3)20-11-10-17-7-5-6-16-8-9-18(21-4)13-19(16)17/h5-9,13-15,20H,10-12H2,1-4H3. The molecule has 0 saturated heterocycles. The van der Waals surface area contributed by atoms with Crippen molar-refractivity contribution in [2.45, 2.75) is 39.7 Å². The predicted octanol–water partition coefficient (Wildman–Crippen LogP) is 4.42. The van der Waals surface area contributed by atoms with Crippen LogP contribution >= 0.6 is 0 Å². The molecule has 2 heteroatoms. The summed E-state index contributed by atoms with van der Waals surface area (Å²) in [5.41, 5.74) is 1.38. The maximum atomic E-state index is 5.35. The fourth-order valence-corrected chi connectivity index (χ4v) is 2.91. The first-order valence-electron chi connectivity index (χ1n) is 7.89. The van der Waals surface area contributed by atoms with E-state index in [9.17, 15) is 0 Å². The Labute approximate surface area is 128 Å². The van der Waals surface area contributed by atoms with Gasteiger partial charge in [0.05, 0.1) is 7.11 Å². The van der Waals surface area contributed by atoms with Crippen LogP contribution in [-0.4, -0.2) is 19.7 Å². The Morgan fingerprint density at radius 3 is 2.62 bits per heavy atom. The highest BCUT2D eigenvalue weighted by molar-refractivity contribution is 5.87. The Hall–Kier alpha value is -1.54. The minimum Gasteiger partial charge on any atom is -0.497 e. The summed E-state index contributed by atoms with van der Waals surface area (Å²) in [6.45, 7) is 7.83. The SMILES string of the molecule is COc1ccc2cccc(CCNC(C)CC(C)C)c2c1. The summed E-state index contributed by atoms with van der Waals surface area (Å²) in [5, 5.41) is 6.21. The highest BCUT2D eigenvalue weighted by atomic mass is 16.5. The zero-order valence-electron chi connectivity index (χ0n) is 13.6. The van der Waals surface area contributed by atoms with E-state index in [2.05, 4.69) is 56.4 Å². The molecule has 0 saturated carbocycles. The van der Waals surface area contributed by atoms with Crippen molar-refractivity contribution < 1.29 is 4.74 Å². The minimum absolute atomic E-state index is 0.578. The molecule has 2 rings (SSSR count). The number of ether oxygens (including phenoxy) is 1. The first-order valence-corrected chi connectivity index (χ1v) is 7.89. The lowest BCUT2D eigenvalue weighted by Crippen LogP contribution is -2.29. The molecule has 1 unspecified atom stereocenters. The van der Waals surface area contributed by atoms with Crippen molar-refractivity contribution in [3.8, 4) is 5.75 Å². The van der Waals surface area contributed by atoms with Gasteiger partial charge in [-0.15, -0.1) is 0 Å². The van der Waals surface area contributed by atoms with Crippen molar-refractivity contribution >= 4 is 10.8 Å². The van der Waals surface area contributed by atoms with Crippen LogP contribution in [0.15, 0.2) is 36.4 Å². The van der Waals surface area contributed by atoms with E-state index in [1.54, 1.807) is 7.11 Å². The van der Waals surface area contributed by atoms with E-state index in [-0.39, 0.29) is 0 Å². The van der Waals surface area contributed by atoms with Gasteiger partial charge in [-0.25, -0.2) is 0 Å². The maximum Gasteiger partial charge on any atom is 0.119 e. The fourth-order valence-electron chi connectivity index (χ4n) is 2.91. The third-order valence-electron chi connectivity index (χ3n) is 3.89. The lowest BCUT2D eigenvalue weighted by molar-refractivity contribution is 0.415. The third kappa shape index (κ3) is 4.47. The Morgan fingerprint density at radius 1 is 1.10 bits per heavy atom. The van der Waals surface area contributed by atoms with Crippen LogP contribution in [0, 0.1) is 5.92 Å². The number of benzene rings is 2. The van der Waals surface area contributed by atoms with Gasteiger partial charge in [-0.2, -0.15) is 0 Å². The number of rotatable bonds is 7. The monoisotopic (exact) mass is 285 g/mol. The minimum atomic E-state index is 0.578. The van der Waals surface area contributed by atoms with Gasteiger partial charge in [0.1, 0.15) is 5.75 Å². The van der Waals surface area contributed by atoms with Gasteiger partial charge in [0, 0.05) is 6.04 Å². The molecular weight excluding hydrogens is 258 g/mol. The Bertz CT molecular complexity index is 577. The Balaban J connectivity index is 2.04. The van der Waals surface area contributed by atoms with E-state index in [0.717, 1.165) is 24.6 Å². The van der Waals surface area contributed by atoms with Crippen molar-refractivity contribution in [1.29, 1.82) is 0 Å². The van der Waals surface area contributed by atoms with Gasteiger partial charge >= 0.3 is 0 Å². The number of hydrogen-bond donors (Lipinski definition) is 1. The Kier molecular flexibility index (Phi) is 5.63. The van der Waals surface area contributed by atoms with E-state index in [0.29, 0.717) is 6.04 Å². The van der Waals surface area contributed by atoms with E-state index in [1.807, 2.05) is 6.07 Å². The average Bonchev–Trinajstić information content (AvgIpc) is 2.46. The average molecular weight is 285 g/mol. The van der Waals surface area contributed by atoms with Crippen LogP contribution in [0.1, 0.15) is 32.8 Å². The molecule has 0 heterocycles. The molecule has 0 bridgehead atoms. The van der Waals surface area contributed by atoms with Gasteiger partial charge in [0.2, 0.25) is 0 Å². The summed E-state index contributed by atoms with van der Waals surface area (Å²) in [5.74, 6) is 1.67. The van der Waals surface area contributed by atoms with E-state index >= 15 is 0 Å². The molecule has 0 aliphatic heterocycles. The number of hydrogen-bond acceptors (Lipinski definition) is 2. The van der Waals surface area contributed by atoms with Crippen LogP contribution in [0.2, 0.25) is 0 Å². The second-order valence-corrected chi connectivity index (χ2v) is 6.24. The summed E-state index contributed by atoms with van der Waals surface area (Å²) in [6, 6.07) is 13.4. The van der Waals surface area contributed by atoms with Gasteiger partial charge in [-0.1, -0.05) is 38.1 Å². The summed E-state index contributed by atoms with van der Waals surface area (Å²) in [7, 11) is 1.72. The molecule has 21 heavy (non-hydrogen) atoms. The zero-order valence-corrected chi connectivity index (χ0v) is 13.6. The first-order chi connectivity index (χ1) is 10.1. The molecule has 1 atom stereocenters. The van der Waals surface area contributed by atoms with Crippen LogP contribution in [0.4, 0.5) is 0 Å². The van der Waals surface area contributed by atoms with Crippen molar-refractivity contribution in [3.05, 3.63) is 42.0 Å².